The monoisotopic (exact) mass is 71.0 g/mol. The van der Waals surface area contributed by atoms with Gasteiger partial charge in [0.15, 0.2) is 6.10 Å². The molecule has 0 aliphatic carbocycles. The van der Waals surface area contributed by atoms with E-state index in [-0.39, 0.29) is 6.10 Å². The molecule has 1 saturated heterocycles. The fourth-order valence-corrected chi connectivity index (χ4v) is 0.156. The Morgan fingerprint density at radius 3 is 2.20 bits per heavy atom. The molecule has 5 heavy (non-hydrogen) atoms. The van der Waals surface area contributed by atoms with Crippen molar-refractivity contribution in [2.75, 3.05) is 0 Å². The maximum atomic E-state index is 6.59. The van der Waals surface area contributed by atoms with E-state index in [0.29, 0.717) is 5.90 Å². The van der Waals surface area contributed by atoms with Crippen LogP contribution in [0.4, 0.5) is 0 Å². The molecular formula is C3H5NO. The zero-order valence-electron chi connectivity index (χ0n) is 2.99. The molecule has 0 aromatic heterocycles. The number of hydrogen-bond acceptors (Lipinski definition) is 2. The summed E-state index contributed by atoms with van der Waals surface area (Å²) in [5.41, 5.74) is 0. The summed E-state index contributed by atoms with van der Waals surface area (Å²) in [6.07, 6.45) is 0.134. The first-order valence-electron chi connectivity index (χ1n) is 1.56. The number of rotatable bonds is 0. The maximum absolute atomic E-state index is 6.59. The van der Waals surface area contributed by atoms with E-state index < -0.39 is 0 Å². The Bertz CT molecular complexity index is 69.3. The maximum Gasteiger partial charge on any atom is 0.223 e. The third kappa shape index (κ3) is 0.251. The van der Waals surface area contributed by atoms with E-state index in [1.807, 2.05) is 6.92 Å². The Hall–Kier alpha value is -0.530. The molecule has 0 bridgehead atoms. The summed E-state index contributed by atoms with van der Waals surface area (Å²) >= 11 is 0. The lowest BCUT2D eigenvalue weighted by molar-refractivity contribution is 0.468. The van der Waals surface area contributed by atoms with Crippen molar-refractivity contribution in [3.8, 4) is 0 Å². The molecule has 28 valence electrons. The smallest absolute Gasteiger partial charge is 0.223 e. The van der Waals surface area contributed by atoms with Gasteiger partial charge in [-0.05, 0) is 6.92 Å². The quantitative estimate of drug-likeness (QED) is 0.412. The Morgan fingerprint density at radius 2 is 2.20 bits per heavy atom. The first-order chi connectivity index (χ1) is 2.30. The third-order valence-electron chi connectivity index (χ3n) is 0.616. The van der Waals surface area contributed by atoms with Crippen LogP contribution in [-0.2, 0) is 4.74 Å². The standard InChI is InChI=1S/C3H5NO/c1-2-3(4)5-2/h2,4H,1H3. The fraction of sp³-hybridized carbons (Fsp3) is 0.667. The highest BCUT2D eigenvalue weighted by atomic mass is 16.6. The molecule has 1 aliphatic heterocycles. The molecule has 0 amide bonds. The van der Waals surface area contributed by atoms with Gasteiger partial charge in [0, 0.05) is 0 Å². The van der Waals surface area contributed by atoms with E-state index in [2.05, 4.69) is 4.74 Å². The summed E-state index contributed by atoms with van der Waals surface area (Å²) in [6, 6.07) is 0. The van der Waals surface area contributed by atoms with Gasteiger partial charge in [0.2, 0.25) is 5.90 Å². The van der Waals surface area contributed by atoms with Crippen LogP contribution in [0.3, 0.4) is 0 Å². The van der Waals surface area contributed by atoms with Gasteiger partial charge in [-0.3, -0.25) is 5.41 Å². The summed E-state index contributed by atoms with van der Waals surface area (Å²) in [7, 11) is 0. The van der Waals surface area contributed by atoms with Crippen LogP contribution in [0.25, 0.3) is 0 Å². The molecule has 1 unspecified atom stereocenters. The summed E-state index contributed by atoms with van der Waals surface area (Å²) < 4.78 is 4.50. The first-order valence-corrected chi connectivity index (χ1v) is 1.56. The largest absolute Gasteiger partial charge is 0.465 e. The Labute approximate surface area is 30.3 Å². The lowest BCUT2D eigenvalue weighted by atomic mass is 10.6. The SMILES string of the molecule is CC1OC1=N. The second-order valence-electron chi connectivity index (χ2n) is 1.12. The van der Waals surface area contributed by atoms with Gasteiger partial charge in [0.25, 0.3) is 0 Å². The predicted molar refractivity (Wildman–Crippen MR) is 18.3 cm³/mol. The number of hydrogen-bond donors (Lipinski definition) is 1. The normalized spacial score (nSPS) is 33.0. The molecule has 2 nitrogen and oxygen atoms in total. The fourth-order valence-electron chi connectivity index (χ4n) is 0.156. The van der Waals surface area contributed by atoms with Crippen molar-refractivity contribution in [1.82, 2.24) is 0 Å². The molecule has 0 radical (unpaired) electrons. The van der Waals surface area contributed by atoms with E-state index >= 15 is 0 Å². The minimum Gasteiger partial charge on any atom is -0.465 e. The van der Waals surface area contributed by atoms with Crippen molar-refractivity contribution in [1.29, 1.82) is 5.41 Å². The van der Waals surface area contributed by atoms with Gasteiger partial charge in [-0.25, -0.2) is 0 Å². The molecule has 1 N–H and O–H groups in total. The van der Waals surface area contributed by atoms with Crippen molar-refractivity contribution in [3.05, 3.63) is 0 Å². The predicted octanol–water partition coefficient (Wildman–Crippen LogP) is 0.382. The summed E-state index contributed by atoms with van der Waals surface area (Å²) in [4.78, 5) is 0. The highest BCUT2D eigenvalue weighted by Gasteiger charge is 2.26. The zero-order valence-corrected chi connectivity index (χ0v) is 2.99. The molecule has 1 rings (SSSR count). The molecule has 1 aliphatic rings. The Morgan fingerprint density at radius 1 is 2.00 bits per heavy atom. The lowest BCUT2D eigenvalue weighted by Crippen LogP contribution is -1.67. The average Bonchev–Trinajstić information content (AvgIpc) is 1.79. The van der Waals surface area contributed by atoms with Crippen LogP contribution in [0.15, 0.2) is 0 Å². The van der Waals surface area contributed by atoms with E-state index in [4.69, 9.17) is 5.41 Å². The van der Waals surface area contributed by atoms with Crippen molar-refractivity contribution in [2.45, 2.75) is 13.0 Å². The van der Waals surface area contributed by atoms with Gasteiger partial charge in [-0.2, -0.15) is 0 Å². The second-order valence-corrected chi connectivity index (χ2v) is 1.12. The Kier molecular flexibility index (Phi) is 0.272. The minimum atomic E-state index is 0.134. The molecule has 1 heterocycles. The molecule has 2 heteroatoms. The lowest BCUT2D eigenvalue weighted by Gasteiger charge is -1.49. The highest BCUT2D eigenvalue weighted by Crippen LogP contribution is 2.08. The van der Waals surface area contributed by atoms with E-state index in [0.717, 1.165) is 0 Å². The van der Waals surface area contributed by atoms with Crippen molar-refractivity contribution >= 4 is 5.90 Å². The first kappa shape index (κ1) is 2.69. The van der Waals surface area contributed by atoms with Crippen LogP contribution in [0.5, 0.6) is 0 Å². The minimum absolute atomic E-state index is 0.134. The van der Waals surface area contributed by atoms with Crippen molar-refractivity contribution < 1.29 is 4.74 Å². The topological polar surface area (TPSA) is 36.4 Å². The van der Waals surface area contributed by atoms with Gasteiger partial charge in [-0.1, -0.05) is 0 Å². The Balaban J connectivity index is 2.47. The van der Waals surface area contributed by atoms with Crippen LogP contribution in [0.2, 0.25) is 0 Å². The van der Waals surface area contributed by atoms with Gasteiger partial charge >= 0.3 is 0 Å². The number of epoxide rings is 1. The van der Waals surface area contributed by atoms with E-state index in [1.165, 1.54) is 0 Å². The molecular weight excluding hydrogens is 66.0 g/mol. The van der Waals surface area contributed by atoms with Crippen LogP contribution in [-0.4, -0.2) is 12.0 Å². The van der Waals surface area contributed by atoms with Crippen LogP contribution in [0.1, 0.15) is 6.92 Å². The summed E-state index contributed by atoms with van der Waals surface area (Å²) in [5.74, 6) is 0.421. The van der Waals surface area contributed by atoms with Crippen LogP contribution < -0.4 is 0 Å². The molecule has 0 aromatic carbocycles. The number of ether oxygens (including phenoxy) is 1. The van der Waals surface area contributed by atoms with Crippen LogP contribution >= 0.6 is 0 Å². The van der Waals surface area contributed by atoms with Crippen molar-refractivity contribution in [3.63, 3.8) is 0 Å². The van der Waals surface area contributed by atoms with Gasteiger partial charge in [-0.15, -0.1) is 0 Å². The molecule has 1 atom stereocenters. The summed E-state index contributed by atoms with van der Waals surface area (Å²) in [5, 5.41) is 6.59. The van der Waals surface area contributed by atoms with Gasteiger partial charge < -0.3 is 4.74 Å². The third-order valence-corrected chi connectivity index (χ3v) is 0.616. The molecule has 0 aromatic rings. The second kappa shape index (κ2) is 0.506. The van der Waals surface area contributed by atoms with E-state index in [9.17, 15) is 0 Å². The molecule has 1 fully saturated rings. The van der Waals surface area contributed by atoms with Gasteiger partial charge in [0.1, 0.15) is 0 Å². The summed E-state index contributed by atoms with van der Waals surface area (Å²) in [6.45, 7) is 1.85. The average molecular weight is 71.1 g/mol. The molecule has 0 saturated carbocycles. The molecule has 0 spiro atoms. The van der Waals surface area contributed by atoms with Gasteiger partial charge in [0.05, 0.1) is 0 Å². The van der Waals surface area contributed by atoms with Crippen molar-refractivity contribution in [2.24, 2.45) is 0 Å². The zero-order chi connectivity index (χ0) is 3.86. The number of nitrogens with one attached hydrogen (secondary N) is 1. The van der Waals surface area contributed by atoms with E-state index in [1.54, 1.807) is 0 Å². The van der Waals surface area contributed by atoms with Crippen LogP contribution in [0, 0.1) is 5.41 Å². The highest BCUT2D eigenvalue weighted by molar-refractivity contribution is 5.89.